The van der Waals surface area contributed by atoms with Crippen molar-refractivity contribution in [1.82, 2.24) is 4.90 Å². The molecule has 3 nitrogen and oxygen atoms in total. The lowest BCUT2D eigenvalue weighted by Gasteiger charge is -2.20. The third kappa shape index (κ3) is 10.5. The van der Waals surface area contributed by atoms with E-state index in [-0.39, 0.29) is 0 Å². The fourth-order valence-corrected chi connectivity index (χ4v) is 1.43. The van der Waals surface area contributed by atoms with Crippen molar-refractivity contribution in [3.05, 3.63) is 0 Å². The molecule has 0 fully saturated rings. The first-order valence-corrected chi connectivity index (χ1v) is 6.09. The van der Waals surface area contributed by atoms with E-state index in [2.05, 4.69) is 18.7 Å². The molecule has 0 aromatic heterocycles. The molecular weight excluding hydrogens is 214 g/mol. The smallest absolute Gasteiger partial charge is 0.0593 e. The minimum Gasteiger partial charge on any atom is -0.383 e. The summed E-state index contributed by atoms with van der Waals surface area (Å²) in [5.74, 6) is 1.26. The summed E-state index contributed by atoms with van der Waals surface area (Å²) in [5.41, 5.74) is 0. The van der Waals surface area contributed by atoms with Crippen LogP contribution in [0.3, 0.4) is 0 Å². The Labute approximate surface area is 98.7 Å². The quantitative estimate of drug-likeness (QED) is 0.428. The summed E-state index contributed by atoms with van der Waals surface area (Å²) in [6, 6.07) is 0. The first-order valence-electron chi connectivity index (χ1n) is 5.55. The molecule has 0 bridgehead atoms. The first-order chi connectivity index (χ1) is 7.20. The topological polar surface area (TPSA) is 21.7 Å². The Bertz CT molecular complexity index is 134. The summed E-state index contributed by atoms with van der Waals surface area (Å²) in [4.78, 5) is 2.26. The molecule has 92 valence electrons. The van der Waals surface area contributed by atoms with Gasteiger partial charge in [0.1, 0.15) is 0 Å². The molecule has 4 heteroatoms. The van der Waals surface area contributed by atoms with Crippen LogP contribution < -0.4 is 0 Å². The Morgan fingerprint density at radius 2 is 1.80 bits per heavy atom. The molecule has 0 spiro atoms. The maximum Gasteiger partial charge on any atom is 0.0593 e. The zero-order chi connectivity index (χ0) is 11.5. The van der Waals surface area contributed by atoms with Crippen molar-refractivity contribution in [1.29, 1.82) is 0 Å². The van der Waals surface area contributed by atoms with Gasteiger partial charge in [-0.3, -0.25) is 4.90 Å². The maximum atomic E-state index is 5.72. The standard InChI is InChI=1S/C11H24ClNO2/c1-11(2)10-15-9-7-13(5-4-12)6-8-14-3/h11H,4-10H2,1-3H3. The summed E-state index contributed by atoms with van der Waals surface area (Å²) in [6.45, 7) is 9.43. The highest BCUT2D eigenvalue weighted by molar-refractivity contribution is 6.18. The van der Waals surface area contributed by atoms with Crippen LogP contribution in [-0.2, 0) is 9.47 Å². The van der Waals surface area contributed by atoms with Crippen molar-refractivity contribution in [2.45, 2.75) is 13.8 Å². The first kappa shape index (κ1) is 15.2. The second-order valence-corrected chi connectivity index (χ2v) is 4.37. The van der Waals surface area contributed by atoms with Gasteiger partial charge >= 0.3 is 0 Å². The summed E-state index contributed by atoms with van der Waals surface area (Å²) in [5, 5.41) is 0. The van der Waals surface area contributed by atoms with Crippen molar-refractivity contribution in [2.75, 3.05) is 52.4 Å². The third-order valence-electron chi connectivity index (χ3n) is 2.02. The van der Waals surface area contributed by atoms with Gasteiger partial charge in [-0.15, -0.1) is 11.6 Å². The van der Waals surface area contributed by atoms with Gasteiger partial charge in [0.25, 0.3) is 0 Å². The molecule has 0 atom stereocenters. The van der Waals surface area contributed by atoms with Gasteiger partial charge in [-0.1, -0.05) is 13.8 Å². The lowest BCUT2D eigenvalue weighted by molar-refractivity contribution is 0.0768. The van der Waals surface area contributed by atoms with E-state index in [1.807, 2.05) is 0 Å². The SMILES string of the molecule is COCCN(CCCl)CCOCC(C)C. The summed E-state index contributed by atoms with van der Waals surface area (Å²) in [6.07, 6.45) is 0. The molecular formula is C11H24ClNO2. The molecule has 0 heterocycles. The average Bonchev–Trinajstić information content (AvgIpc) is 2.20. The van der Waals surface area contributed by atoms with Gasteiger partial charge < -0.3 is 9.47 Å². The summed E-state index contributed by atoms with van der Waals surface area (Å²) >= 11 is 5.72. The van der Waals surface area contributed by atoms with E-state index in [4.69, 9.17) is 21.1 Å². The molecule has 0 rings (SSSR count). The molecule has 0 radical (unpaired) electrons. The molecule has 15 heavy (non-hydrogen) atoms. The average molecular weight is 238 g/mol. The van der Waals surface area contributed by atoms with Crippen LogP contribution in [0.4, 0.5) is 0 Å². The monoisotopic (exact) mass is 237 g/mol. The second kappa shape index (κ2) is 10.7. The van der Waals surface area contributed by atoms with Gasteiger partial charge in [0.15, 0.2) is 0 Å². The predicted octanol–water partition coefficient (Wildman–Crippen LogP) is 1.85. The van der Waals surface area contributed by atoms with E-state index in [0.717, 1.165) is 39.5 Å². The van der Waals surface area contributed by atoms with Gasteiger partial charge in [-0.25, -0.2) is 0 Å². The number of rotatable bonds is 10. The Hall–Kier alpha value is 0.170. The summed E-state index contributed by atoms with van der Waals surface area (Å²) in [7, 11) is 1.72. The number of alkyl halides is 1. The Morgan fingerprint density at radius 3 is 2.33 bits per heavy atom. The molecule has 0 aliphatic rings. The van der Waals surface area contributed by atoms with Crippen LogP contribution in [-0.4, -0.2) is 57.3 Å². The van der Waals surface area contributed by atoms with Crippen LogP contribution in [0.1, 0.15) is 13.8 Å². The van der Waals surface area contributed by atoms with E-state index < -0.39 is 0 Å². The van der Waals surface area contributed by atoms with Crippen LogP contribution in [0.15, 0.2) is 0 Å². The Balaban J connectivity index is 3.47. The number of hydrogen-bond donors (Lipinski definition) is 0. The fraction of sp³-hybridized carbons (Fsp3) is 1.00. The van der Waals surface area contributed by atoms with E-state index in [1.165, 1.54) is 0 Å². The Morgan fingerprint density at radius 1 is 1.13 bits per heavy atom. The molecule has 0 saturated carbocycles. The van der Waals surface area contributed by atoms with Crippen molar-refractivity contribution < 1.29 is 9.47 Å². The molecule has 0 aromatic rings. The van der Waals surface area contributed by atoms with Crippen molar-refractivity contribution in [2.24, 2.45) is 5.92 Å². The molecule has 0 aliphatic heterocycles. The van der Waals surface area contributed by atoms with Crippen molar-refractivity contribution >= 4 is 11.6 Å². The predicted molar refractivity (Wildman–Crippen MR) is 64.7 cm³/mol. The van der Waals surface area contributed by atoms with Crippen LogP contribution in [0.5, 0.6) is 0 Å². The van der Waals surface area contributed by atoms with Gasteiger partial charge in [0.2, 0.25) is 0 Å². The zero-order valence-electron chi connectivity index (χ0n) is 10.2. The molecule has 0 unspecified atom stereocenters. The van der Waals surface area contributed by atoms with E-state index >= 15 is 0 Å². The molecule has 0 amide bonds. The number of methoxy groups -OCH3 is 1. The molecule has 0 N–H and O–H groups in total. The number of halogens is 1. The minimum absolute atomic E-state index is 0.602. The van der Waals surface area contributed by atoms with Crippen LogP contribution in [0.2, 0.25) is 0 Å². The second-order valence-electron chi connectivity index (χ2n) is 3.99. The normalized spacial score (nSPS) is 11.6. The highest BCUT2D eigenvalue weighted by atomic mass is 35.5. The van der Waals surface area contributed by atoms with Crippen molar-refractivity contribution in [3.8, 4) is 0 Å². The van der Waals surface area contributed by atoms with Crippen LogP contribution in [0.25, 0.3) is 0 Å². The highest BCUT2D eigenvalue weighted by Gasteiger charge is 2.03. The number of nitrogens with zero attached hydrogens (tertiary/aromatic N) is 1. The Kier molecular flexibility index (Phi) is 10.8. The van der Waals surface area contributed by atoms with E-state index in [0.29, 0.717) is 11.8 Å². The summed E-state index contributed by atoms with van der Waals surface area (Å²) < 4.78 is 10.6. The number of ether oxygens (including phenoxy) is 2. The van der Waals surface area contributed by atoms with Crippen LogP contribution >= 0.6 is 11.6 Å². The van der Waals surface area contributed by atoms with Gasteiger partial charge in [-0.05, 0) is 5.92 Å². The highest BCUT2D eigenvalue weighted by Crippen LogP contribution is 1.94. The van der Waals surface area contributed by atoms with Gasteiger partial charge in [0.05, 0.1) is 13.2 Å². The lowest BCUT2D eigenvalue weighted by Crippen LogP contribution is -2.32. The molecule has 0 aliphatic carbocycles. The third-order valence-corrected chi connectivity index (χ3v) is 2.18. The maximum absolute atomic E-state index is 5.72. The lowest BCUT2D eigenvalue weighted by atomic mass is 10.2. The van der Waals surface area contributed by atoms with E-state index in [1.54, 1.807) is 7.11 Å². The molecule has 0 aromatic carbocycles. The van der Waals surface area contributed by atoms with Crippen LogP contribution in [0, 0.1) is 5.92 Å². The van der Waals surface area contributed by atoms with Gasteiger partial charge in [-0.2, -0.15) is 0 Å². The van der Waals surface area contributed by atoms with Gasteiger partial charge in [0, 0.05) is 39.2 Å². The number of hydrogen-bond acceptors (Lipinski definition) is 3. The van der Waals surface area contributed by atoms with Crippen molar-refractivity contribution in [3.63, 3.8) is 0 Å². The van der Waals surface area contributed by atoms with E-state index in [9.17, 15) is 0 Å². The molecule has 0 saturated heterocycles. The zero-order valence-corrected chi connectivity index (χ0v) is 10.9. The largest absolute Gasteiger partial charge is 0.383 e. The fourth-order valence-electron chi connectivity index (χ4n) is 1.19. The minimum atomic E-state index is 0.602.